The highest BCUT2D eigenvalue weighted by molar-refractivity contribution is 6.17. The SMILES string of the molecule is O=C(O)c1ccc(-c2cccc(NC3=CC(=O)N(CCO)C3=O)c2)cc1. The summed E-state index contributed by atoms with van der Waals surface area (Å²) in [5.74, 6) is -1.94. The third kappa shape index (κ3) is 3.47. The van der Waals surface area contributed by atoms with E-state index in [1.807, 2.05) is 6.07 Å². The van der Waals surface area contributed by atoms with E-state index in [9.17, 15) is 14.4 Å². The van der Waals surface area contributed by atoms with Crippen molar-refractivity contribution in [3.8, 4) is 11.1 Å². The number of hydrogen-bond donors (Lipinski definition) is 3. The van der Waals surface area contributed by atoms with Crippen molar-refractivity contribution in [2.75, 3.05) is 18.5 Å². The molecule has 0 saturated carbocycles. The predicted octanol–water partition coefficient (Wildman–Crippen LogP) is 1.71. The van der Waals surface area contributed by atoms with E-state index in [1.165, 1.54) is 18.2 Å². The van der Waals surface area contributed by atoms with E-state index >= 15 is 0 Å². The second-order valence-electron chi connectivity index (χ2n) is 5.66. The summed E-state index contributed by atoms with van der Waals surface area (Å²) in [7, 11) is 0. The lowest BCUT2D eigenvalue weighted by atomic mass is 10.0. The van der Waals surface area contributed by atoms with Gasteiger partial charge >= 0.3 is 5.97 Å². The maximum absolute atomic E-state index is 12.2. The van der Waals surface area contributed by atoms with Gasteiger partial charge in [-0.3, -0.25) is 14.5 Å². The molecule has 0 atom stereocenters. The first-order valence-electron chi connectivity index (χ1n) is 7.89. The van der Waals surface area contributed by atoms with Crippen LogP contribution < -0.4 is 5.32 Å². The molecule has 2 aromatic carbocycles. The van der Waals surface area contributed by atoms with E-state index in [2.05, 4.69) is 5.32 Å². The molecule has 1 aliphatic rings. The lowest BCUT2D eigenvalue weighted by Gasteiger charge is -2.13. The van der Waals surface area contributed by atoms with Crippen molar-refractivity contribution in [2.24, 2.45) is 0 Å². The number of carbonyl (C=O) groups excluding carboxylic acids is 2. The molecule has 3 rings (SSSR count). The van der Waals surface area contributed by atoms with E-state index in [1.54, 1.807) is 30.3 Å². The summed E-state index contributed by atoms with van der Waals surface area (Å²) >= 11 is 0. The molecule has 3 N–H and O–H groups in total. The van der Waals surface area contributed by atoms with Crippen molar-refractivity contribution < 1.29 is 24.6 Å². The van der Waals surface area contributed by atoms with Crippen LogP contribution in [-0.4, -0.2) is 46.0 Å². The standard InChI is InChI=1S/C19H16N2O5/c22-9-8-21-17(23)11-16(18(21)24)20-15-3-1-2-14(10-15)12-4-6-13(7-5-12)19(25)26/h1-7,10-11,20,22H,8-9H2,(H,25,26). The Labute approximate surface area is 149 Å². The molecule has 2 aromatic rings. The number of nitrogens with zero attached hydrogens (tertiary/aromatic N) is 1. The first-order valence-corrected chi connectivity index (χ1v) is 7.89. The fraction of sp³-hybridized carbons (Fsp3) is 0.105. The number of aliphatic hydroxyl groups excluding tert-OH is 1. The Morgan fingerprint density at radius 3 is 2.42 bits per heavy atom. The van der Waals surface area contributed by atoms with Crippen LogP contribution in [0.1, 0.15) is 10.4 Å². The molecular weight excluding hydrogens is 336 g/mol. The molecule has 2 amide bonds. The quantitative estimate of drug-likeness (QED) is 0.683. The lowest BCUT2D eigenvalue weighted by Crippen LogP contribution is -2.34. The molecule has 0 fully saturated rings. The van der Waals surface area contributed by atoms with Crippen molar-refractivity contribution in [1.29, 1.82) is 0 Å². The molecule has 1 heterocycles. The number of imide groups is 1. The van der Waals surface area contributed by atoms with E-state index < -0.39 is 17.8 Å². The molecule has 0 radical (unpaired) electrons. The van der Waals surface area contributed by atoms with E-state index in [4.69, 9.17) is 10.2 Å². The molecule has 7 nitrogen and oxygen atoms in total. The third-order valence-corrected chi connectivity index (χ3v) is 3.94. The van der Waals surface area contributed by atoms with Crippen molar-refractivity contribution in [2.45, 2.75) is 0 Å². The van der Waals surface area contributed by atoms with E-state index in [0.29, 0.717) is 5.69 Å². The number of carboxylic acids is 1. The number of aromatic carboxylic acids is 1. The van der Waals surface area contributed by atoms with E-state index in [-0.39, 0.29) is 24.4 Å². The van der Waals surface area contributed by atoms with Gasteiger partial charge in [0.15, 0.2) is 0 Å². The Kier molecular flexibility index (Phi) is 4.81. The molecule has 0 bridgehead atoms. The van der Waals surface area contributed by atoms with Gasteiger partial charge in [-0.2, -0.15) is 0 Å². The number of aliphatic hydroxyl groups is 1. The Balaban J connectivity index is 1.80. The van der Waals surface area contributed by atoms with Crippen molar-refractivity contribution >= 4 is 23.5 Å². The number of carbonyl (C=O) groups is 3. The maximum atomic E-state index is 12.2. The average Bonchev–Trinajstić information content (AvgIpc) is 2.90. The van der Waals surface area contributed by atoms with Crippen LogP contribution in [0.3, 0.4) is 0 Å². The maximum Gasteiger partial charge on any atom is 0.335 e. The highest BCUT2D eigenvalue weighted by Crippen LogP contribution is 2.25. The number of hydrogen-bond acceptors (Lipinski definition) is 5. The highest BCUT2D eigenvalue weighted by atomic mass is 16.4. The highest BCUT2D eigenvalue weighted by Gasteiger charge is 2.30. The van der Waals surface area contributed by atoms with Crippen LogP contribution in [0.25, 0.3) is 11.1 Å². The van der Waals surface area contributed by atoms with Crippen LogP contribution in [0, 0.1) is 0 Å². The van der Waals surface area contributed by atoms with Gasteiger partial charge in [0.2, 0.25) is 0 Å². The fourth-order valence-corrected chi connectivity index (χ4v) is 2.65. The molecule has 0 aliphatic carbocycles. The van der Waals surface area contributed by atoms with Gasteiger partial charge in [-0.05, 0) is 35.4 Å². The smallest absolute Gasteiger partial charge is 0.335 e. The number of nitrogens with one attached hydrogen (secondary N) is 1. The number of carboxylic acid groups (broad SMARTS) is 1. The second kappa shape index (κ2) is 7.20. The minimum absolute atomic E-state index is 0.0463. The fourth-order valence-electron chi connectivity index (χ4n) is 2.65. The molecule has 0 spiro atoms. The Hall–Kier alpha value is -3.45. The number of benzene rings is 2. The van der Waals surface area contributed by atoms with Gasteiger partial charge in [-0.15, -0.1) is 0 Å². The number of amides is 2. The minimum Gasteiger partial charge on any atom is -0.478 e. The molecule has 0 unspecified atom stereocenters. The topological polar surface area (TPSA) is 107 Å². The predicted molar refractivity (Wildman–Crippen MR) is 94.3 cm³/mol. The molecule has 26 heavy (non-hydrogen) atoms. The third-order valence-electron chi connectivity index (χ3n) is 3.94. The molecular formula is C19H16N2O5. The Morgan fingerprint density at radius 1 is 1.04 bits per heavy atom. The monoisotopic (exact) mass is 352 g/mol. The van der Waals surface area contributed by atoms with Gasteiger partial charge in [0.05, 0.1) is 18.7 Å². The zero-order valence-corrected chi connectivity index (χ0v) is 13.7. The van der Waals surface area contributed by atoms with Gasteiger partial charge in [0.25, 0.3) is 11.8 Å². The molecule has 132 valence electrons. The van der Waals surface area contributed by atoms with Crippen molar-refractivity contribution in [1.82, 2.24) is 4.90 Å². The zero-order valence-electron chi connectivity index (χ0n) is 13.7. The number of anilines is 1. The summed E-state index contributed by atoms with van der Waals surface area (Å²) in [4.78, 5) is 35.9. The van der Waals surface area contributed by atoms with Gasteiger partial charge in [0.1, 0.15) is 5.70 Å². The summed E-state index contributed by atoms with van der Waals surface area (Å²) in [5, 5.41) is 20.8. The molecule has 0 aromatic heterocycles. The Morgan fingerprint density at radius 2 is 1.77 bits per heavy atom. The largest absolute Gasteiger partial charge is 0.478 e. The number of rotatable bonds is 6. The van der Waals surface area contributed by atoms with Crippen molar-refractivity contribution in [3.63, 3.8) is 0 Å². The summed E-state index contributed by atoms with van der Waals surface area (Å²) in [6.07, 6.45) is 1.20. The summed E-state index contributed by atoms with van der Waals surface area (Å²) in [6, 6.07) is 13.6. The van der Waals surface area contributed by atoms with E-state index in [0.717, 1.165) is 16.0 Å². The lowest BCUT2D eigenvalue weighted by molar-refractivity contribution is -0.137. The average molecular weight is 352 g/mol. The first kappa shape index (κ1) is 17.4. The normalized spacial score (nSPS) is 13.7. The second-order valence-corrected chi connectivity index (χ2v) is 5.66. The van der Waals surface area contributed by atoms with Gasteiger partial charge in [-0.1, -0.05) is 24.3 Å². The Bertz CT molecular complexity index is 902. The molecule has 1 aliphatic heterocycles. The summed E-state index contributed by atoms with van der Waals surface area (Å²) in [5.41, 5.74) is 2.61. The van der Waals surface area contributed by atoms with Crippen LogP contribution in [0.15, 0.2) is 60.3 Å². The minimum atomic E-state index is -0.990. The van der Waals surface area contributed by atoms with Crippen LogP contribution in [-0.2, 0) is 9.59 Å². The summed E-state index contributed by atoms with van der Waals surface area (Å²) in [6.45, 7) is -0.338. The van der Waals surface area contributed by atoms with Crippen LogP contribution in [0.2, 0.25) is 0 Å². The van der Waals surface area contributed by atoms with Gasteiger partial charge < -0.3 is 15.5 Å². The van der Waals surface area contributed by atoms with Crippen molar-refractivity contribution in [3.05, 3.63) is 65.9 Å². The van der Waals surface area contributed by atoms with Gasteiger partial charge in [-0.25, -0.2) is 4.79 Å². The molecule has 0 saturated heterocycles. The zero-order chi connectivity index (χ0) is 18.7. The molecule has 7 heteroatoms. The van der Waals surface area contributed by atoms with Crippen LogP contribution in [0.5, 0.6) is 0 Å². The first-order chi connectivity index (χ1) is 12.5. The summed E-state index contributed by atoms with van der Waals surface area (Å²) < 4.78 is 0. The van der Waals surface area contributed by atoms with Gasteiger partial charge in [0, 0.05) is 11.8 Å². The number of β-amino-alcohol motifs (C(OH)–C–C–N with tert-alkyl or cyclic N) is 1. The van der Waals surface area contributed by atoms with Crippen LogP contribution in [0.4, 0.5) is 5.69 Å². The van der Waals surface area contributed by atoms with Crippen LogP contribution >= 0.6 is 0 Å².